The quantitative estimate of drug-likeness (QED) is 0.903. The van der Waals surface area contributed by atoms with E-state index in [-0.39, 0.29) is 23.1 Å². The van der Waals surface area contributed by atoms with Crippen LogP contribution >= 0.6 is 23.2 Å². The summed E-state index contributed by atoms with van der Waals surface area (Å²) in [7, 11) is 0. The predicted octanol–water partition coefficient (Wildman–Crippen LogP) is 3.88. The van der Waals surface area contributed by atoms with E-state index in [1.54, 1.807) is 30.3 Å². The Morgan fingerprint density at radius 3 is 2.42 bits per heavy atom. The lowest BCUT2D eigenvalue weighted by molar-refractivity contribution is -0.115. The van der Waals surface area contributed by atoms with Gasteiger partial charge < -0.3 is 10.4 Å². The Morgan fingerprint density at radius 2 is 1.79 bits per heavy atom. The van der Waals surface area contributed by atoms with Gasteiger partial charge in [-0.25, -0.2) is 0 Å². The Bertz CT molecular complexity index is 597. The molecule has 0 unspecified atom stereocenters. The fourth-order valence-corrected chi connectivity index (χ4v) is 1.83. The first kappa shape index (κ1) is 13.7. The van der Waals surface area contributed by atoms with E-state index in [2.05, 4.69) is 5.32 Å². The van der Waals surface area contributed by atoms with Gasteiger partial charge in [0.2, 0.25) is 5.91 Å². The van der Waals surface area contributed by atoms with Gasteiger partial charge in [0, 0.05) is 16.8 Å². The van der Waals surface area contributed by atoms with Gasteiger partial charge in [0.1, 0.15) is 5.75 Å². The molecule has 0 aromatic heterocycles. The van der Waals surface area contributed by atoms with Crippen LogP contribution in [0.1, 0.15) is 5.56 Å². The molecule has 19 heavy (non-hydrogen) atoms. The van der Waals surface area contributed by atoms with E-state index in [0.717, 1.165) is 5.56 Å². The van der Waals surface area contributed by atoms with Crippen LogP contribution in [0.15, 0.2) is 42.5 Å². The maximum Gasteiger partial charge on any atom is 0.228 e. The number of carbonyl (C=O) groups excluding carboxylic acids is 1. The van der Waals surface area contributed by atoms with E-state index >= 15 is 0 Å². The molecule has 0 fully saturated rings. The molecular weight excluding hydrogens is 285 g/mol. The van der Waals surface area contributed by atoms with Crippen LogP contribution in [-0.2, 0) is 11.2 Å². The summed E-state index contributed by atoms with van der Waals surface area (Å²) in [6.45, 7) is 0. The van der Waals surface area contributed by atoms with Gasteiger partial charge in [0.05, 0.1) is 11.4 Å². The number of nitrogens with one attached hydrogen (secondary N) is 1. The average molecular weight is 296 g/mol. The Labute approximate surface area is 120 Å². The zero-order chi connectivity index (χ0) is 13.8. The molecule has 0 saturated carbocycles. The minimum Gasteiger partial charge on any atom is -0.506 e. The van der Waals surface area contributed by atoms with Crippen LogP contribution in [0.25, 0.3) is 0 Å². The van der Waals surface area contributed by atoms with Crippen molar-refractivity contribution < 1.29 is 9.90 Å². The van der Waals surface area contributed by atoms with Crippen LogP contribution in [0, 0.1) is 0 Å². The number of aromatic hydroxyl groups is 1. The summed E-state index contributed by atoms with van der Waals surface area (Å²) in [5, 5.41) is 13.0. The number of carbonyl (C=O) groups is 1. The number of phenolic OH excluding ortho intramolecular Hbond substituents is 1. The molecule has 98 valence electrons. The number of halogens is 2. The first-order valence-corrected chi connectivity index (χ1v) is 6.33. The highest BCUT2D eigenvalue weighted by molar-refractivity contribution is 6.32. The summed E-state index contributed by atoms with van der Waals surface area (Å²) >= 11 is 11.5. The van der Waals surface area contributed by atoms with Gasteiger partial charge in [-0.2, -0.15) is 0 Å². The topological polar surface area (TPSA) is 49.3 Å². The number of amides is 1. The SMILES string of the molecule is O=C(Cc1ccc(Cl)cc1)Nc1ccc(Cl)c(O)c1. The molecule has 0 spiro atoms. The van der Waals surface area contributed by atoms with E-state index in [1.165, 1.54) is 12.1 Å². The van der Waals surface area contributed by atoms with Gasteiger partial charge in [-0.15, -0.1) is 0 Å². The van der Waals surface area contributed by atoms with Gasteiger partial charge in [0.25, 0.3) is 0 Å². The van der Waals surface area contributed by atoms with Crippen LogP contribution in [0.3, 0.4) is 0 Å². The van der Waals surface area contributed by atoms with Crippen LogP contribution in [0.2, 0.25) is 10.0 Å². The molecule has 0 aliphatic carbocycles. The van der Waals surface area contributed by atoms with Gasteiger partial charge >= 0.3 is 0 Å². The number of phenols is 1. The van der Waals surface area contributed by atoms with Crippen LogP contribution in [0.4, 0.5) is 5.69 Å². The molecule has 0 bridgehead atoms. The molecule has 0 aliphatic heterocycles. The van der Waals surface area contributed by atoms with E-state index in [4.69, 9.17) is 23.2 Å². The van der Waals surface area contributed by atoms with Crippen molar-refractivity contribution in [1.82, 2.24) is 0 Å². The van der Waals surface area contributed by atoms with Crippen molar-refractivity contribution in [1.29, 1.82) is 0 Å². The average Bonchev–Trinajstić information content (AvgIpc) is 2.37. The maximum absolute atomic E-state index is 11.8. The van der Waals surface area contributed by atoms with Crippen LogP contribution in [0.5, 0.6) is 5.75 Å². The number of hydrogen-bond acceptors (Lipinski definition) is 2. The fourth-order valence-electron chi connectivity index (χ4n) is 1.58. The Morgan fingerprint density at radius 1 is 1.11 bits per heavy atom. The molecule has 5 heteroatoms. The molecule has 0 atom stereocenters. The van der Waals surface area contributed by atoms with Crippen molar-refractivity contribution in [2.75, 3.05) is 5.32 Å². The second-order valence-electron chi connectivity index (χ2n) is 4.02. The summed E-state index contributed by atoms with van der Waals surface area (Å²) in [4.78, 5) is 11.8. The Hall–Kier alpha value is -1.71. The van der Waals surface area contributed by atoms with Gasteiger partial charge in [-0.05, 0) is 29.8 Å². The van der Waals surface area contributed by atoms with Crippen molar-refractivity contribution in [3.8, 4) is 5.75 Å². The molecule has 0 heterocycles. The third kappa shape index (κ3) is 3.88. The molecular formula is C14H11Cl2NO2. The van der Waals surface area contributed by atoms with Gasteiger partial charge in [-0.1, -0.05) is 35.3 Å². The molecule has 2 rings (SSSR count). The second kappa shape index (κ2) is 5.95. The van der Waals surface area contributed by atoms with Crippen molar-refractivity contribution in [2.45, 2.75) is 6.42 Å². The molecule has 3 nitrogen and oxygen atoms in total. The van der Waals surface area contributed by atoms with E-state index in [1.807, 2.05) is 0 Å². The maximum atomic E-state index is 11.8. The van der Waals surface area contributed by atoms with E-state index in [0.29, 0.717) is 10.7 Å². The Balaban J connectivity index is 2.01. The smallest absolute Gasteiger partial charge is 0.228 e. The summed E-state index contributed by atoms with van der Waals surface area (Å²) in [6.07, 6.45) is 0.237. The lowest BCUT2D eigenvalue weighted by Crippen LogP contribution is -2.14. The number of benzene rings is 2. The summed E-state index contributed by atoms with van der Waals surface area (Å²) in [5.74, 6) is -0.241. The minimum absolute atomic E-state index is 0.0639. The number of rotatable bonds is 3. The fraction of sp³-hybridized carbons (Fsp3) is 0.0714. The van der Waals surface area contributed by atoms with Crippen molar-refractivity contribution >= 4 is 34.8 Å². The minimum atomic E-state index is -0.177. The standard InChI is InChI=1S/C14H11Cl2NO2/c15-10-3-1-9(2-4-10)7-14(19)17-11-5-6-12(16)13(18)8-11/h1-6,8,18H,7H2,(H,17,19). The Kier molecular flexibility index (Phi) is 4.30. The molecule has 0 radical (unpaired) electrons. The zero-order valence-corrected chi connectivity index (χ0v) is 11.4. The van der Waals surface area contributed by atoms with E-state index < -0.39 is 0 Å². The first-order chi connectivity index (χ1) is 9.04. The van der Waals surface area contributed by atoms with E-state index in [9.17, 15) is 9.90 Å². The number of anilines is 1. The molecule has 2 aromatic carbocycles. The highest BCUT2D eigenvalue weighted by Crippen LogP contribution is 2.26. The normalized spacial score (nSPS) is 10.2. The predicted molar refractivity (Wildman–Crippen MR) is 76.9 cm³/mol. The lowest BCUT2D eigenvalue weighted by Gasteiger charge is -2.06. The first-order valence-electron chi connectivity index (χ1n) is 5.57. The molecule has 1 amide bonds. The highest BCUT2D eigenvalue weighted by atomic mass is 35.5. The van der Waals surface area contributed by atoms with Gasteiger partial charge in [-0.3, -0.25) is 4.79 Å². The summed E-state index contributed by atoms with van der Waals surface area (Å²) in [6, 6.07) is 11.6. The second-order valence-corrected chi connectivity index (χ2v) is 4.86. The molecule has 2 N–H and O–H groups in total. The zero-order valence-electron chi connectivity index (χ0n) is 9.86. The van der Waals surface area contributed by atoms with Crippen molar-refractivity contribution in [3.05, 3.63) is 58.1 Å². The summed E-state index contributed by atoms with van der Waals surface area (Å²) in [5.41, 5.74) is 1.36. The lowest BCUT2D eigenvalue weighted by atomic mass is 10.1. The largest absolute Gasteiger partial charge is 0.506 e. The van der Waals surface area contributed by atoms with Crippen LogP contribution in [-0.4, -0.2) is 11.0 Å². The molecule has 2 aromatic rings. The third-order valence-corrected chi connectivity index (χ3v) is 3.08. The van der Waals surface area contributed by atoms with Crippen LogP contribution < -0.4 is 5.32 Å². The molecule has 0 aliphatic rings. The summed E-state index contributed by atoms with van der Waals surface area (Å²) < 4.78 is 0. The third-order valence-electron chi connectivity index (χ3n) is 2.51. The highest BCUT2D eigenvalue weighted by Gasteiger charge is 2.06. The van der Waals surface area contributed by atoms with Crippen molar-refractivity contribution in [3.63, 3.8) is 0 Å². The van der Waals surface area contributed by atoms with Gasteiger partial charge in [0.15, 0.2) is 0 Å². The monoisotopic (exact) mass is 295 g/mol. The number of hydrogen-bond donors (Lipinski definition) is 2. The molecule has 0 saturated heterocycles. The van der Waals surface area contributed by atoms with Crippen molar-refractivity contribution in [2.24, 2.45) is 0 Å².